The maximum absolute atomic E-state index is 14.3. The molecule has 1 atom stereocenters. The summed E-state index contributed by atoms with van der Waals surface area (Å²) in [6, 6.07) is 6.59. The molecule has 1 aromatic carbocycles. The van der Waals surface area contributed by atoms with E-state index in [0.717, 1.165) is 36.1 Å². The second kappa shape index (κ2) is 12.9. The predicted molar refractivity (Wildman–Crippen MR) is 154 cm³/mol. The van der Waals surface area contributed by atoms with Gasteiger partial charge in [0.1, 0.15) is 5.82 Å². The number of nitrogens with zero attached hydrogens (tertiary/aromatic N) is 4. The summed E-state index contributed by atoms with van der Waals surface area (Å²) in [6.45, 7) is 11.0. The second-order valence-electron chi connectivity index (χ2n) is 10.3. The molecule has 2 amide bonds. The highest BCUT2D eigenvalue weighted by Gasteiger charge is 2.27. The Morgan fingerprint density at radius 2 is 1.90 bits per heavy atom. The number of carboxylic acid groups (broad SMARTS) is 1. The summed E-state index contributed by atoms with van der Waals surface area (Å²) in [5, 5.41) is 16.4. The molecule has 10 heteroatoms. The van der Waals surface area contributed by atoms with Gasteiger partial charge in [0.05, 0.1) is 23.0 Å². The van der Waals surface area contributed by atoms with Crippen LogP contribution in [0.5, 0.6) is 0 Å². The molecule has 2 aliphatic heterocycles. The third-order valence-electron chi connectivity index (χ3n) is 6.91. The van der Waals surface area contributed by atoms with Gasteiger partial charge in [-0.1, -0.05) is 12.2 Å². The molecule has 40 heavy (non-hydrogen) atoms. The molecule has 0 saturated carbocycles. The molecule has 0 aliphatic carbocycles. The van der Waals surface area contributed by atoms with Crippen molar-refractivity contribution in [2.45, 2.75) is 45.8 Å². The van der Waals surface area contributed by atoms with Crippen LogP contribution in [0.15, 0.2) is 67.3 Å². The number of carbonyl (C=O) groups is 2. The molecule has 0 bridgehead atoms. The lowest BCUT2D eigenvalue weighted by atomic mass is 10.1. The van der Waals surface area contributed by atoms with Crippen LogP contribution < -0.4 is 10.6 Å². The van der Waals surface area contributed by atoms with Gasteiger partial charge in [-0.3, -0.25) is 14.7 Å². The molecule has 0 radical (unpaired) electrons. The summed E-state index contributed by atoms with van der Waals surface area (Å²) in [7, 11) is 0. The molecular formula is C30H37FN6O3. The van der Waals surface area contributed by atoms with Crippen molar-refractivity contribution >= 4 is 22.9 Å². The quantitative estimate of drug-likeness (QED) is 0.427. The zero-order valence-electron chi connectivity index (χ0n) is 23.3. The summed E-state index contributed by atoms with van der Waals surface area (Å²) in [5.41, 5.74) is 3.04. The van der Waals surface area contributed by atoms with Crippen LogP contribution in [0.1, 0.15) is 49.7 Å². The van der Waals surface area contributed by atoms with E-state index in [-0.39, 0.29) is 24.0 Å². The standard InChI is InChI=1S/C24H30FN5O.C6H7NO2/c1-15(2)30(16(3)4)24(31)19-11-17(25)5-6-22(19)29-14-20(21-12-27-9-10-28-21)18-7-8-26-13-23(18)29;8-6(9)7-4-2-1-3-5-7/h5-8,11,13-16,21,27-28H,9-10,12H2,1-4H3;1-4H,5H2,(H,8,9). The molecule has 3 aromatic rings. The number of nitrogens with one attached hydrogen (secondary N) is 2. The van der Waals surface area contributed by atoms with E-state index in [1.807, 2.05) is 44.4 Å². The zero-order chi connectivity index (χ0) is 28.8. The van der Waals surface area contributed by atoms with Gasteiger partial charge in [-0.2, -0.15) is 0 Å². The van der Waals surface area contributed by atoms with Gasteiger partial charge in [0.15, 0.2) is 0 Å². The van der Waals surface area contributed by atoms with E-state index in [1.165, 1.54) is 23.2 Å². The summed E-state index contributed by atoms with van der Waals surface area (Å²) in [4.78, 5) is 31.0. The minimum atomic E-state index is -0.907. The molecule has 2 aromatic heterocycles. The number of rotatable bonds is 5. The van der Waals surface area contributed by atoms with Crippen molar-refractivity contribution in [3.05, 3.63) is 84.2 Å². The fourth-order valence-electron chi connectivity index (χ4n) is 5.15. The van der Waals surface area contributed by atoms with E-state index < -0.39 is 11.9 Å². The monoisotopic (exact) mass is 548 g/mol. The first-order chi connectivity index (χ1) is 19.2. The van der Waals surface area contributed by atoms with E-state index >= 15 is 0 Å². The number of benzene rings is 1. The SMILES string of the molecule is CC(C)N(C(=O)c1cc(F)ccc1-n1cc(C2CNCCN2)c2ccncc21)C(C)C.O=C(O)N1C=CC=CC1. The first-order valence-corrected chi connectivity index (χ1v) is 13.5. The Hall–Kier alpha value is -4.02. The highest BCUT2D eigenvalue weighted by Crippen LogP contribution is 2.31. The van der Waals surface area contributed by atoms with Gasteiger partial charge < -0.3 is 25.2 Å². The molecular weight excluding hydrogens is 511 g/mol. The van der Waals surface area contributed by atoms with Gasteiger partial charge in [-0.15, -0.1) is 0 Å². The van der Waals surface area contributed by atoms with Crippen molar-refractivity contribution in [3.8, 4) is 5.69 Å². The van der Waals surface area contributed by atoms with Crippen LogP contribution in [0.4, 0.5) is 9.18 Å². The number of allylic oxidation sites excluding steroid dienone is 2. The maximum Gasteiger partial charge on any atom is 0.411 e. The van der Waals surface area contributed by atoms with Gasteiger partial charge in [-0.25, -0.2) is 9.18 Å². The van der Waals surface area contributed by atoms with Gasteiger partial charge in [-0.05, 0) is 63.6 Å². The van der Waals surface area contributed by atoms with Gasteiger partial charge >= 0.3 is 6.09 Å². The number of aromatic nitrogens is 2. The topological polar surface area (TPSA) is 103 Å². The Kier molecular flexibility index (Phi) is 9.34. The van der Waals surface area contributed by atoms with Crippen molar-refractivity contribution < 1.29 is 19.1 Å². The number of amides is 2. The van der Waals surface area contributed by atoms with Crippen molar-refractivity contribution in [3.63, 3.8) is 0 Å². The van der Waals surface area contributed by atoms with Crippen LogP contribution >= 0.6 is 0 Å². The number of hydrogen-bond acceptors (Lipinski definition) is 5. The maximum atomic E-state index is 14.3. The Labute approximate surface area is 234 Å². The van der Waals surface area contributed by atoms with Crippen LogP contribution in [-0.2, 0) is 0 Å². The third-order valence-corrected chi connectivity index (χ3v) is 6.91. The Balaban J connectivity index is 0.000000350. The lowest BCUT2D eigenvalue weighted by Gasteiger charge is -2.31. The van der Waals surface area contributed by atoms with E-state index in [2.05, 4.69) is 21.8 Å². The lowest BCUT2D eigenvalue weighted by Crippen LogP contribution is -2.42. The van der Waals surface area contributed by atoms with Crippen LogP contribution in [0.3, 0.4) is 0 Å². The number of pyridine rings is 1. The fourth-order valence-corrected chi connectivity index (χ4v) is 5.15. The van der Waals surface area contributed by atoms with Crippen LogP contribution in [0.2, 0.25) is 0 Å². The Bertz CT molecular complexity index is 1400. The molecule has 3 N–H and O–H groups in total. The molecule has 212 valence electrons. The predicted octanol–water partition coefficient (Wildman–Crippen LogP) is 4.71. The molecule has 1 unspecified atom stereocenters. The number of hydrogen-bond donors (Lipinski definition) is 3. The van der Waals surface area contributed by atoms with Crippen LogP contribution in [0.25, 0.3) is 16.6 Å². The van der Waals surface area contributed by atoms with E-state index in [0.29, 0.717) is 17.8 Å². The average molecular weight is 549 g/mol. The van der Waals surface area contributed by atoms with Gasteiger partial charge in [0.2, 0.25) is 0 Å². The average Bonchev–Trinajstić information content (AvgIpc) is 3.33. The van der Waals surface area contributed by atoms with Gasteiger partial charge in [0.25, 0.3) is 5.91 Å². The first kappa shape index (κ1) is 29.0. The number of piperazine rings is 1. The third kappa shape index (κ3) is 6.40. The highest BCUT2D eigenvalue weighted by molar-refractivity contribution is 5.99. The van der Waals surface area contributed by atoms with Crippen molar-refractivity contribution in [2.24, 2.45) is 0 Å². The zero-order valence-corrected chi connectivity index (χ0v) is 23.3. The molecule has 0 spiro atoms. The minimum absolute atomic E-state index is 0.000218. The number of carbonyl (C=O) groups excluding carboxylic acids is 1. The first-order valence-electron chi connectivity index (χ1n) is 13.5. The van der Waals surface area contributed by atoms with E-state index in [4.69, 9.17) is 5.11 Å². The molecule has 9 nitrogen and oxygen atoms in total. The Morgan fingerprint density at radius 3 is 2.50 bits per heavy atom. The second-order valence-corrected chi connectivity index (χ2v) is 10.3. The van der Waals surface area contributed by atoms with Crippen LogP contribution in [-0.4, -0.2) is 74.7 Å². The highest BCUT2D eigenvalue weighted by atomic mass is 19.1. The number of halogens is 1. The van der Waals surface area contributed by atoms with Crippen molar-refractivity contribution in [1.29, 1.82) is 0 Å². The molecule has 4 heterocycles. The van der Waals surface area contributed by atoms with Crippen molar-refractivity contribution in [2.75, 3.05) is 26.2 Å². The molecule has 2 aliphatic rings. The largest absolute Gasteiger partial charge is 0.465 e. The normalized spacial score (nSPS) is 16.8. The summed E-state index contributed by atoms with van der Waals surface area (Å²) in [6.07, 6.45) is 11.6. The van der Waals surface area contributed by atoms with Crippen molar-refractivity contribution in [1.82, 2.24) is 30.0 Å². The minimum Gasteiger partial charge on any atom is -0.465 e. The van der Waals surface area contributed by atoms with Crippen LogP contribution in [0, 0.1) is 5.82 Å². The molecule has 1 fully saturated rings. The summed E-state index contributed by atoms with van der Waals surface area (Å²) in [5.74, 6) is -0.600. The Morgan fingerprint density at radius 1 is 1.12 bits per heavy atom. The molecule has 5 rings (SSSR count). The summed E-state index contributed by atoms with van der Waals surface area (Å²) < 4.78 is 16.3. The fraction of sp³-hybridized carbons (Fsp3) is 0.367. The lowest BCUT2D eigenvalue weighted by molar-refractivity contribution is 0.0643. The number of fused-ring (bicyclic) bond motifs is 1. The van der Waals surface area contributed by atoms with Gasteiger partial charge in [0, 0.05) is 68.3 Å². The van der Waals surface area contributed by atoms with E-state index in [9.17, 15) is 14.0 Å². The van der Waals surface area contributed by atoms with E-state index in [1.54, 1.807) is 35.5 Å². The summed E-state index contributed by atoms with van der Waals surface area (Å²) >= 11 is 0. The molecule has 1 saturated heterocycles. The smallest absolute Gasteiger partial charge is 0.411 e.